The molecule has 2 aromatic carbocycles. The summed E-state index contributed by atoms with van der Waals surface area (Å²) < 4.78 is 1.84. The average molecular weight is 392 g/mol. The van der Waals surface area contributed by atoms with E-state index in [0.29, 0.717) is 10.5 Å². The van der Waals surface area contributed by atoms with E-state index in [1.807, 2.05) is 23.9 Å². The van der Waals surface area contributed by atoms with Gasteiger partial charge in [-0.05, 0) is 66.3 Å². The molecule has 0 unspecified atom stereocenters. The average Bonchev–Trinajstić information content (AvgIpc) is 3.21. The van der Waals surface area contributed by atoms with Gasteiger partial charge in [0.15, 0.2) is 0 Å². The maximum atomic E-state index is 10.4. The van der Waals surface area contributed by atoms with E-state index in [4.69, 9.17) is 16.6 Å². The first-order valence-electron chi connectivity index (χ1n) is 9.35. The molecule has 1 N–H and O–H groups in total. The first-order valence-corrected chi connectivity index (χ1v) is 9.73. The Kier molecular flexibility index (Phi) is 4.82. The maximum absolute atomic E-state index is 10.4. The Morgan fingerprint density at radius 1 is 1.11 bits per heavy atom. The van der Waals surface area contributed by atoms with Crippen molar-refractivity contribution < 1.29 is 5.11 Å². The van der Waals surface area contributed by atoms with Crippen molar-refractivity contribution in [3.05, 3.63) is 82.3 Å². The first kappa shape index (κ1) is 18.5. The van der Waals surface area contributed by atoms with Gasteiger partial charge < -0.3 is 5.11 Å². The van der Waals surface area contributed by atoms with Gasteiger partial charge in [-0.2, -0.15) is 5.10 Å². The second-order valence-electron chi connectivity index (χ2n) is 7.34. The third-order valence-electron chi connectivity index (χ3n) is 5.11. The first-order chi connectivity index (χ1) is 13.5. The van der Waals surface area contributed by atoms with Crippen LogP contribution in [0.3, 0.4) is 0 Å². The molecule has 28 heavy (non-hydrogen) atoms. The lowest BCUT2D eigenvalue weighted by molar-refractivity contribution is 0.481. The second kappa shape index (κ2) is 7.28. The van der Waals surface area contributed by atoms with Crippen LogP contribution in [0.1, 0.15) is 42.1 Å². The van der Waals surface area contributed by atoms with Crippen molar-refractivity contribution in [2.24, 2.45) is 0 Å². The highest BCUT2D eigenvalue weighted by molar-refractivity contribution is 6.35. The van der Waals surface area contributed by atoms with Gasteiger partial charge in [0, 0.05) is 23.5 Å². The minimum absolute atomic E-state index is 0.218. The van der Waals surface area contributed by atoms with Crippen molar-refractivity contribution in [3.63, 3.8) is 0 Å². The monoisotopic (exact) mass is 391 g/mol. The van der Waals surface area contributed by atoms with E-state index in [1.165, 1.54) is 5.56 Å². The zero-order valence-corrected chi connectivity index (χ0v) is 16.9. The van der Waals surface area contributed by atoms with E-state index in [0.717, 1.165) is 34.3 Å². The van der Waals surface area contributed by atoms with Gasteiger partial charge in [-0.3, -0.25) is 4.98 Å². The quantitative estimate of drug-likeness (QED) is 0.478. The largest absolute Gasteiger partial charge is 0.507 e. The zero-order valence-electron chi connectivity index (χ0n) is 16.1. The Labute approximate surface area is 169 Å². The van der Waals surface area contributed by atoms with Gasteiger partial charge in [-0.15, -0.1) is 0 Å². The topological polar surface area (TPSA) is 50.9 Å². The summed E-state index contributed by atoms with van der Waals surface area (Å²) >= 11 is 6.37. The lowest BCUT2D eigenvalue weighted by atomic mass is 9.91. The molecule has 0 aliphatic heterocycles. The molecule has 4 aromatic rings. The number of fused-ring (bicyclic) bond motifs is 1. The SMILES string of the molecule is Cc1c(Cc2ccc(-n3cccn3)cc2)c(C(C)C)nc2c(Cl)ccc(O)c12. The zero-order chi connectivity index (χ0) is 19.8. The number of hydrogen-bond donors (Lipinski definition) is 1. The summed E-state index contributed by atoms with van der Waals surface area (Å²) in [7, 11) is 0. The van der Waals surface area contributed by atoms with Crippen molar-refractivity contribution in [3.8, 4) is 11.4 Å². The number of halogens is 1. The van der Waals surface area contributed by atoms with Gasteiger partial charge in [0.2, 0.25) is 0 Å². The Bertz CT molecular complexity index is 1130. The molecule has 0 aliphatic carbocycles. The van der Waals surface area contributed by atoms with Gasteiger partial charge in [0.05, 0.1) is 16.2 Å². The van der Waals surface area contributed by atoms with E-state index < -0.39 is 0 Å². The summed E-state index contributed by atoms with van der Waals surface area (Å²) in [5.41, 5.74) is 6.07. The van der Waals surface area contributed by atoms with Gasteiger partial charge in [-0.25, -0.2) is 4.68 Å². The number of hydrogen-bond acceptors (Lipinski definition) is 3. The Morgan fingerprint density at radius 2 is 1.86 bits per heavy atom. The van der Waals surface area contributed by atoms with Crippen LogP contribution in [-0.2, 0) is 6.42 Å². The van der Waals surface area contributed by atoms with E-state index in [2.05, 4.69) is 43.2 Å². The molecular formula is C23H22ClN3O. The van der Waals surface area contributed by atoms with Gasteiger partial charge in [-0.1, -0.05) is 37.6 Å². The van der Waals surface area contributed by atoms with Gasteiger partial charge >= 0.3 is 0 Å². The predicted molar refractivity (Wildman–Crippen MR) is 114 cm³/mol. The van der Waals surface area contributed by atoms with Gasteiger partial charge in [0.1, 0.15) is 5.75 Å². The summed E-state index contributed by atoms with van der Waals surface area (Å²) in [4.78, 5) is 4.84. The molecule has 2 heterocycles. The molecule has 4 rings (SSSR count). The summed E-state index contributed by atoms with van der Waals surface area (Å²) in [6.07, 6.45) is 4.44. The smallest absolute Gasteiger partial charge is 0.125 e. The van der Waals surface area contributed by atoms with E-state index in [-0.39, 0.29) is 11.7 Å². The van der Waals surface area contributed by atoms with Crippen LogP contribution in [0.2, 0.25) is 5.02 Å². The van der Waals surface area contributed by atoms with Crippen LogP contribution in [0, 0.1) is 6.92 Å². The van der Waals surface area contributed by atoms with E-state index in [1.54, 1.807) is 18.3 Å². The Balaban J connectivity index is 1.80. The molecule has 0 atom stereocenters. The minimum Gasteiger partial charge on any atom is -0.507 e. The molecule has 0 saturated carbocycles. The predicted octanol–water partition coefficient (Wildman–Crippen LogP) is 5.80. The number of benzene rings is 2. The van der Waals surface area contributed by atoms with Crippen molar-refractivity contribution in [2.45, 2.75) is 33.1 Å². The maximum Gasteiger partial charge on any atom is 0.125 e. The third-order valence-corrected chi connectivity index (χ3v) is 5.41. The highest BCUT2D eigenvalue weighted by Gasteiger charge is 2.18. The number of aromatic hydroxyl groups is 1. The van der Waals surface area contributed by atoms with Crippen molar-refractivity contribution in [2.75, 3.05) is 0 Å². The van der Waals surface area contributed by atoms with Crippen molar-refractivity contribution >= 4 is 22.5 Å². The second-order valence-corrected chi connectivity index (χ2v) is 7.75. The lowest BCUT2D eigenvalue weighted by Crippen LogP contribution is -2.06. The van der Waals surface area contributed by atoms with Crippen molar-refractivity contribution in [1.29, 1.82) is 0 Å². The molecule has 0 bridgehead atoms. The Hall–Kier alpha value is -2.85. The molecule has 0 spiro atoms. The van der Waals surface area contributed by atoms with Crippen LogP contribution in [0.25, 0.3) is 16.6 Å². The van der Waals surface area contributed by atoms with Gasteiger partial charge in [0.25, 0.3) is 0 Å². The van der Waals surface area contributed by atoms with Crippen LogP contribution in [0.4, 0.5) is 0 Å². The minimum atomic E-state index is 0.218. The lowest BCUT2D eigenvalue weighted by Gasteiger charge is -2.18. The summed E-state index contributed by atoms with van der Waals surface area (Å²) in [5.74, 6) is 0.467. The fourth-order valence-corrected chi connectivity index (χ4v) is 3.86. The van der Waals surface area contributed by atoms with Crippen LogP contribution < -0.4 is 0 Å². The Morgan fingerprint density at radius 3 is 2.50 bits per heavy atom. The summed E-state index contributed by atoms with van der Waals surface area (Å²) in [5, 5.41) is 16.0. The van der Waals surface area contributed by atoms with E-state index >= 15 is 0 Å². The molecule has 5 heteroatoms. The molecule has 0 amide bonds. The van der Waals surface area contributed by atoms with Crippen LogP contribution in [0.15, 0.2) is 54.9 Å². The summed E-state index contributed by atoms with van der Waals surface area (Å²) in [6.45, 7) is 6.31. The summed E-state index contributed by atoms with van der Waals surface area (Å²) in [6, 6.07) is 13.6. The molecule has 0 saturated heterocycles. The standard InChI is InChI=1S/C23H22ClN3O/c1-14(2)22-18(15(3)21-20(28)10-9-19(24)23(21)26-22)13-16-5-7-17(8-6-16)27-12-4-11-25-27/h4-12,14,28H,13H2,1-3H3. The molecule has 4 nitrogen and oxygen atoms in total. The van der Waals surface area contributed by atoms with Crippen LogP contribution >= 0.6 is 11.6 Å². The number of pyridine rings is 1. The molecule has 0 fully saturated rings. The highest BCUT2D eigenvalue weighted by Crippen LogP contribution is 2.37. The molecule has 2 aromatic heterocycles. The van der Waals surface area contributed by atoms with Crippen LogP contribution in [0.5, 0.6) is 5.75 Å². The number of aromatic nitrogens is 3. The number of nitrogens with zero attached hydrogens (tertiary/aromatic N) is 3. The number of phenolic OH excluding ortho intramolecular Hbond substituents is 1. The molecule has 0 aliphatic rings. The van der Waals surface area contributed by atoms with Crippen molar-refractivity contribution in [1.82, 2.24) is 14.8 Å². The third kappa shape index (κ3) is 3.25. The number of phenols is 1. The number of aryl methyl sites for hydroxylation is 1. The number of rotatable bonds is 4. The highest BCUT2D eigenvalue weighted by atomic mass is 35.5. The molecular weight excluding hydrogens is 370 g/mol. The fourth-order valence-electron chi connectivity index (χ4n) is 3.66. The molecule has 0 radical (unpaired) electrons. The van der Waals surface area contributed by atoms with Crippen LogP contribution in [-0.4, -0.2) is 19.9 Å². The fraction of sp³-hybridized carbons (Fsp3) is 0.217. The molecule has 142 valence electrons. The normalized spacial score (nSPS) is 11.5. The van der Waals surface area contributed by atoms with E-state index in [9.17, 15) is 5.11 Å².